The van der Waals surface area contributed by atoms with Gasteiger partial charge in [-0.2, -0.15) is 0 Å². The molecule has 3 aromatic rings. The molecule has 7 nitrogen and oxygen atoms in total. The van der Waals surface area contributed by atoms with Crippen LogP contribution in [-0.4, -0.2) is 26.1 Å². The predicted octanol–water partition coefficient (Wildman–Crippen LogP) is 4.40. The number of aromatic nitrogens is 4. The minimum Gasteiger partial charge on any atom is -0.441 e. The van der Waals surface area contributed by atoms with Crippen molar-refractivity contribution in [1.82, 2.24) is 20.0 Å². The number of hydrogen-bond acceptors (Lipinski definition) is 5. The topological polar surface area (TPSA) is 81.9 Å². The van der Waals surface area contributed by atoms with Crippen LogP contribution in [0.25, 0.3) is 11.4 Å². The second kappa shape index (κ2) is 7.83. The fourth-order valence-electron chi connectivity index (χ4n) is 2.46. The highest BCUT2D eigenvalue weighted by atomic mass is 79.9. The average molecular weight is 434 g/mol. The van der Waals surface area contributed by atoms with Gasteiger partial charge in [-0.05, 0) is 59.6 Å². The summed E-state index contributed by atoms with van der Waals surface area (Å²) in [4.78, 5) is 16.8. The summed E-state index contributed by atoms with van der Waals surface area (Å²) in [7, 11) is 1.65. The first-order chi connectivity index (χ1) is 12.8. The molecule has 1 aromatic carbocycles. The quantitative estimate of drug-likeness (QED) is 0.659. The fraction of sp³-hybridized carbons (Fsp3) is 0.222. The first-order valence-electron chi connectivity index (χ1n) is 8.11. The Labute approximate surface area is 163 Å². The Morgan fingerprint density at radius 3 is 2.81 bits per heavy atom. The van der Waals surface area contributed by atoms with Gasteiger partial charge in [-0.15, -0.1) is 5.10 Å². The van der Waals surface area contributed by atoms with Crippen molar-refractivity contribution in [3.63, 3.8) is 0 Å². The van der Waals surface area contributed by atoms with E-state index in [1.165, 1.54) is 16.8 Å². The molecule has 0 unspecified atom stereocenters. The minimum absolute atomic E-state index is 0.348. The number of benzene rings is 1. The molecule has 1 amide bonds. The fourth-order valence-corrected chi connectivity index (χ4v) is 2.68. The molecule has 27 heavy (non-hydrogen) atoms. The Morgan fingerprint density at radius 1 is 1.33 bits per heavy atom. The van der Waals surface area contributed by atoms with Crippen LogP contribution < -0.4 is 5.32 Å². The number of carbonyl (C=O) groups is 1. The van der Waals surface area contributed by atoms with Crippen LogP contribution in [0.4, 0.5) is 15.0 Å². The van der Waals surface area contributed by atoms with Crippen molar-refractivity contribution in [3.05, 3.63) is 57.9 Å². The Balaban J connectivity index is 1.78. The molecular weight excluding hydrogens is 417 g/mol. The normalized spacial score (nSPS) is 11.9. The van der Waals surface area contributed by atoms with E-state index in [4.69, 9.17) is 4.74 Å². The third-order valence-corrected chi connectivity index (χ3v) is 4.75. The lowest BCUT2D eigenvalue weighted by Crippen LogP contribution is -2.18. The molecule has 1 N–H and O–H groups in total. The van der Waals surface area contributed by atoms with Gasteiger partial charge in [0.2, 0.25) is 0 Å². The maximum absolute atomic E-state index is 13.3. The number of pyridine rings is 1. The molecule has 0 saturated carbocycles. The summed E-state index contributed by atoms with van der Waals surface area (Å²) in [6, 6.07) is 9.52. The molecule has 0 radical (unpaired) electrons. The smallest absolute Gasteiger partial charge is 0.413 e. The van der Waals surface area contributed by atoms with E-state index in [1.54, 1.807) is 32.2 Å². The van der Waals surface area contributed by atoms with Gasteiger partial charge in [-0.25, -0.2) is 13.9 Å². The molecule has 1 atom stereocenters. The summed E-state index contributed by atoms with van der Waals surface area (Å²) >= 11 is 3.40. The molecule has 0 saturated heterocycles. The van der Waals surface area contributed by atoms with E-state index in [0.717, 1.165) is 10.2 Å². The Kier molecular flexibility index (Phi) is 5.50. The summed E-state index contributed by atoms with van der Waals surface area (Å²) in [5, 5.41) is 10.7. The van der Waals surface area contributed by atoms with E-state index in [9.17, 15) is 9.18 Å². The second-order valence-electron chi connectivity index (χ2n) is 5.90. The second-order valence-corrected chi connectivity index (χ2v) is 6.76. The number of ether oxygens (including phenoxy) is 1. The summed E-state index contributed by atoms with van der Waals surface area (Å²) in [6.07, 6.45) is -1.33. The van der Waals surface area contributed by atoms with Crippen molar-refractivity contribution in [2.24, 2.45) is 7.05 Å². The lowest BCUT2D eigenvalue weighted by molar-refractivity contribution is 0.121. The number of nitrogens with one attached hydrogen (secondary N) is 1. The van der Waals surface area contributed by atoms with Crippen molar-refractivity contribution < 1.29 is 13.9 Å². The number of anilines is 1. The molecule has 0 spiro atoms. The van der Waals surface area contributed by atoms with Crippen LogP contribution in [0.2, 0.25) is 0 Å². The Hall–Kier alpha value is -2.81. The van der Waals surface area contributed by atoms with Crippen LogP contribution in [0, 0.1) is 12.7 Å². The zero-order valence-corrected chi connectivity index (χ0v) is 16.5. The van der Waals surface area contributed by atoms with Gasteiger partial charge in [0.05, 0.1) is 11.4 Å². The van der Waals surface area contributed by atoms with Crippen LogP contribution in [0.1, 0.15) is 24.3 Å². The zero-order valence-electron chi connectivity index (χ0n) is 14.9. The van der Waals surface area contributed by atoms with E-state index in [2.05, 4.69) is 36.5 Å². The summed E-state index contributed by atoms with van der Waals surface area (Å²) < 4.78 is 21.0. The zero-order chi connectivity index (χ0) is 19.6. The van der Waals surface area contributed by atoms with Gasteiger partial charge in [0, 0.05) is 11.5 Å². The van der Waals surface area contributed by atoms with Gasteiger partial charge in [0.15, 0.2) is 11.5 Å². The van der Waals surface area contributed by atoms with Crippen LogP contribution in [0.3, 0.4) is 0 Å². The molecule has 0 aliphatic rings. The number of hydrogen-bond donors (Lipinski definition) is 1. The maximum atomic E-state index is 13.3. The SMILES string of the molecule is Cc1nc(-c2nnn(C)c2NC(=O)O[C@H](C)c2cccc(F)c2)ccc1Br. The van der Waals surface area contributed by atoms with Crippen molar-refractivity contribution in [2.75, 3.05) is 5.32 Å². The molecule has 0 aliphatic heterocycles. The highest BCUT2D eigenvalue weighted by molar-refractivity contribution is 9.10. The standard InChI is InChI=1S/C18H17BrFN5O2/c1-10-14(19)7-8-15(21-10)16-17(25(3)24-23-16)22-18(26)27-11(2)12-5-4-6-13(20)9-12/h4-9,11H,1-3H3,(H,22,26)/t11-/m1/s1. The van der Waals surface area contributed by atoms with Gasteiger partial charge >= 0.3 is 6.09 Å². The number of nitrogens with zero attached hydrogens (tertiary/aromatic N) is 4. The molecule has 2 heterocycles. The van der Waals surface area contributed by atoms with Gasteiger partial charge < -0.3 is 4.74 Å². The number of rotatable bonds is 4. The van der Waals surface area contributed by atoms with E-state index < -0.39 is 18.0 Å². The number of carbonyl (C=O) groups excluding carboxylic acids is 1. The molecule has 3 rings (SSSR count). The predicted molar refractivity (Wildman–Crippen MR) is 102 cm³/mol. The van der Waals surface area contributed by atoms with E-state index in [1.807, 2.05) is 13.0 Å². The minimum atomic E-state index is -0.702. The Bertz CT molecular complexity index is 992. The van der Waals surface area contributed by atoms with Gasteiger partial charge in [-0.1, -0.05) is 17.3 Å². The molecule has 140 valence electrons. The highest BCUT2D eigenvalue weighted by Gasteiger charge is 2.19. The molecule has 9 heteroatoms. The lowest BCUT2D eigenvalue weighted by atomic mass is 10.1. The van der Waals surface area contributed by atoms with Crippen molar-refractivity contribution in [1.29, 1.82) is 0 Å². The molecule has 0 fully saturated rings. The number of aryl methyl sites for hydroxylation is 2. The van der Waals surface area contributed by atoms with Crippen molar-refractivity contribution in [2.45, 2.75) is 20.0 Å². The molecule has 0 aliphatic carbocycles. The first-order valence-corrected chi connectivity index (χ1v) is 8.90. The van der Waals surface area contributed by atoms with Gasteiger partial charge in [-0.3, -0.25) is 10.3 Å². The van der Waals surface area contributed by atoms with Crippen molar-refractivity contribution in [3.8, 4) is 11.4 Å². The van der Waals surface area contributed by atoms with E-state index in [0.29, 0.717) is 22.8 Å². The third-order valence-electron chi connectivity index (χ3n) is 3.91. The number of halogens is 2. The van der Waals surface area contributed by atoms with Gasteiger partial charge in [0.25, 0.3) is 0 Å². The van der Waals surface area contributed by atoms with Crippen LogP contribution in [0.15, 0.2) is 40.9 Å². The summed E-state index contributed by atoms with van der Waals surface area (Å²) in [5.74, 6) is -0.0428. The Morgan fingerprint density at radius 2 is 2.11 bits per heavy atom. The monoisotopic (exact) mass is 433 g/mol. The largest absolute Gasteiger partial charge is 0.441 e. The van der Waals surface area contributed by atoms with Crippen LogP contribution >= 0.6 is 15.9 Å². The first kappa shape index (κ1) is 19.0. The molecular formula is C18H17BrFN5O2. The maximum Gasteiger partial charge on any atom is 0.413 e. The lowest BCUT2D eigenvalue weighted by Gasteiger charge is -2.14. The molecule has 2 aromatic heterocycles. The highest BCUT2D eigenvalue weighted by Crippen LogP contribution is 2.26. The van der Waals surface area contributed by atoms with Crippen LogP contribution in [0.5, 0.6) is 0 Å². The van der Waals surface area contributed by atoms with E-state index >= 15 is 0 Å². The summed E-state index contributed by atoms with van der Waals surface area (Å²) in [6.45, 7) is 3.52. The molecule has 0 bridgehead atoms. The van der Waals surface area contributed by atoms with Gasteiger partial charge in [0.1, 0.15) is 11.9 Å². The van der Waals surface area contributed by atoms with Crippen LogP contribution in [-0.2, 0) is 11.8 Å². The van der Waals surface area contributed by atoms with E-state index in [-0.39, 0.29) is 0 Å². The third kappa shape index (κ3) is 4.30. The number of amides is 1. The van der Waals surface area contributed by atoms with Crippen molar-refractivity contribution >= 4 is 27.8 Å². The average Bonchev–Trinajstić information content (AvgIpc) is 2.98. The summed E-state index contributed by atoms with van der Waals surface area (Å²) in [5.41, 5.74) is 2.32.